The summed E-state index contributed by atoms with van der Waals surface area (Å²) >= 11 is 0. The first-order valence-electron chi connectivity index (χ1n) is 6.78. The summed E-state index contributed by atoms with van der Waals surface area (Å²) in [6, 6.07) is 15.9. The second kappa shape index (κ2) is 5.14. The zero-order chi connectivity index (χ0) is 13.2. The second-order valence-corrected chi connectivity index (χ2v) is 5.20. The van der Waals surface area contributed by atoms with Gasteiger partial charge in [0, 0.05) is 12.0 Å². The van der Waals surface area contributed by atoms with Crippen molar-refractivity contribution in [2.24, 2.45) is 0 Å². The number of halogens is 1. The summed E-state index contributed by atoms with van der Waals surface area (Å²) in [6.45, 7) is 0. The maximum Gasteiger partial charge on any atom is 0.126 e. The number of hydrogen-bond donors (Lipinski definition) is 1. The number of likely N-dealkylation sites (N-methyl/N-ethyl adjacent to an activating group) is 1. The summed E-state index contributed by atoms with van der Waals surface area (Å²) < 4.78 is 13.7. The second-order valence-electron chi connectivity index (χ2n) is 5.20. The van der Waals surface area contributed by atoms with Crippen molar-refractivity contribution in [1.29, 1.82) is 0 Å². The molecule has 3 rings (SSSR count). The molecule has 0 bridgehead atoms. The monoisotopic (exact) mass is 255 g/mol. The van der Waals surface area contributed by atoms with Gasteiger partial charge in [-0.2, -0.15) is 0 Å². The molecule has 2 aromatic rings. The molecule has 1 nitrogen and oxygen atoms in total. The molecule has 1 N–H and O–H groups in total. The molecule has 2 atom stereocenters. The molecule has 0 aromatic heterocycles. The van der Waals surface area contributed by atoms with E-state index in [4.69, 9.17) is 0 Å². The predicted molar refractivity (Wildman–Crippen MR) is 75.8 cm³/mol. The molecule has 0 saturated carbocycles. The predicted octanol–water partition coefficient (Wildman–Crippen LogP) is 3.30. The van der Waals surface area contributed by atoms with Crippen molar-refractivity contribution in [2.75, 3.05) is 7.05 Å². The summed E-state index contributed by atoms with van der Waals surface area (Å²) in [5.41, 5.74) is 3.64. The van der Waals surface area contributed by atoms with E-state index in [1.54, 1.807) is 6.07 Å². The van der Waals surface area contributed by atoms with Gasteiger partial charge in [0.25, 0.3) is 0 Å². The van der Waals surface area contributed by atoms with Crippen LogP contribution in [0.1, 0.15) is 22.6 Å². The smallest absolute Gasteiger partial charge is 0.126 e. The number of nitrogens with one attached hydrogen (secondary N) is 1. The maximum absolute atomic E-state index is 13.7. The van der Waals surface area contributed by atoms with Crippen molar-refractivity contribution in [2.45, 2.75) is 24.8 Å². The van der Waals surface area contributed by atoms with E-state index in [2.05, 4.69) is 29.6 Å². The largest absolute Gasteiger partial charge is 0.316 e. The molecule has 0 radical (unpaired) electrons. The van der Waals surface area contributed by atoms with Crippen molar-refractivity contribution >= 4 is 0 Å². The normalized spacial score (nSPS) is 18.5. The van der Waals surface area contributed by atoms with E-state index in [1.165, 1.54) is 17.2 Å². The highest BCUT2D eigenvalue weighted by Gasteiger charge is 2.32. The summed E-state index contributed by atoms with van der Waals surface area (Å²) in [5, 5.41) is 3.35. The van der Waals surface area contributed by atoms with Crippen LogP contribution in [-0.4, -0.2) is 13.1 Å². The van der Waals surface area contributed by atoms with Gasteiger partial charge in [-0.1, -0.05) is 42.5 Å². The Balaban J connectivity index is 1.79. The quantitative estimate of drug-likeness (QED) is 0.884. The lowest BCUT2D eigenvalue weighted by atomic mass is 9.72. The van der Waals surface area contributed by atoms with Crippen LogP contribution in [0.5, 0.6) is 0 Å². The molecule has 0 saturated heterocycles. The van der Waals surface area contributed by atoms with Crippen LogP contribution in [0.15, 0.2) is 48.5 Å². The Morgan fingerprint density at radius 1 is 1.16 bits per heavy atom. The van der Waals surface area contributed by atoms with Gasteiger partial charge in [-0.05, 0) is 42.6 Å². The van der Waals surface area contributed by atoms with Crippen LogP contribution in [0.4, 0.5) is 4.39 Å². The van der Waals surface area contributed by atoms with Crippen LogP contribution in [0, 0.1) is 5.82 Å². The third-order valence-electron chi connectivity index (χ3n) is 4.15. The Kier molecular flexibility index (Phi) is 3.34. The number of hydrogen-bond acceptors (Lipinski definition) is 1. The maximum atomic E-state index is 13.7. The fraction of sp³-hybridized carbons (Fsp3) is 0.294. The van der Waals surface area contributed by atoms with Crippen LogP contribution in [-0.2, 0) is 12.8 Å². The van der Waals surface area contributed by atoms with E-state index >= 15 is 0 Å². The summed E-state index contributed by atoms with van der Waals surface area (Å²) in [5.74, 6) is 0.399. The molecule has 2 heteroatoms. The fourth-order valence-corrected chi connectivity index (χ4v) is 3.00. The molecule has 19 heavy (non-hydrogen) atoms. The lowest BCUT2D eigenvalue weighted by Crippen LogP contribution is -2.39. The Morgan fingerprint density at radius 2 is 1.89 bits per heavy atom. The third kappa shape index (κ3) is 2.28. The molecule has 2 aromatic carbocycles. The van der Waals surface area contributed by atoms with Gasteiger partial charge in [0.15, 0.2) is 0 Å². The Morgan fingerprint density at radius 3 is 2.63 bits per heavy atom. The number of fused-ring (bicyclic) bond motifs is 1. The molecule has 0 fully saturated rings. The Labute approximate surface area is 113 Å². The van der Waals surface area contributed by atoms with Gasteiger partial charge < -0.3 is 5.32 Å². The zero-order valence-corrected chi connectivity index (χ0v) is 11.1. The molecule has 98 valence electrons. The van der Waals surface area contributed by atoms with Gasteiger partial charge in [-0.15, -0.1) is 0 Å². The molecule has 0 aliphatic heterocycles. The van der Waals surface area contributed by atoms with Crippen LogP contribution < -0.4 is 5.32 Å². The minimum Gasteiger partial charge on any atom is -0.316 e. The van der Waals surface area contributed by atoms with E-state index in [9.17, 15) is 4.39 Å². The van der Waals surface area contributed by atoms with E-state index in [1.807, 2.05) is 19.2 Å². The van der Waals surface area contributed by atoms with Gasteiger partial charge >= 0.3 is 0 Å². The summed E-state index contributed by atoms with van der Waals surface area (Å²) in [6.07, 6.45) is 1.83. The first kappa shape index (κ1) is 12.4. The van der Waals surface area contributed by atoms with E-state index in [0.29, 0.717) is 12.0 Å². The van der Waals surface area contributed by atoms with E-state index in [0.717, 1.165) is 18.4 Å². The van der Waals surface area contributed by atoms with E-state index in [-0.39, 0.29) is 5.82 Å². The van der Waals surface area contributed by atoms with Crippen molar-refractivity contribution in [3.63, 3.8) is 0 Å². The van der Waals surface area contributed by atoms with Crippen LogP contribution in [0.25, 0.3) is 0 Å². The molecule has 1 aliphatic carbocycles. The Bertz CT molecular complexity index is 579. The molecule has 0 heterocycles. The van der Waals surface area contributed by atoms with Gasteiger partial charge in [0.1, 0.15) is 5.82 Å². The average Bonchev–Trinajstić information content (AvgIpc) is 2.41. The molecular weight excluding hydrogens is 237 g/mol. The van der Waals surface area contributed by atoms with Crippen molar-refractivity contribution in [3.8, 4) is 0 Å². The molecule has 0 spiro atoms. The van der Waals surface area contributed by atoms with Gasteiger partial charge in [-0.25, -0.2) is 4.39 Å². The standard InChI is InChI=1S/C17H18FN/c1-19-17(11-13-7-3-5-9-16(13)18)15-10-12-6-2-4-8-14(12)15/h2-9,15,17,19H,10-11H2,1H3. The van der Waals surface area contributed by atoms with Gasteiger partial charge in [0.2, 0.25) is 0 Å². The summed E-state index contributed by atoms with van der Waals surface area (Å²) in [7, 11) is 1.96. The molecule has 1 aliphatic rings. The fourth-order valence-electron chi connectivity index (χ4n) is 3.00. The first-order valence-corrected chi connectivity index (χ1v) is 6.78. The summed E-state index contributed by atoms with van der Waals surface area (Å²) in [4.78, 5) is 0. The van der Waals surface area contributed by atoms with E-state index < -0.39 is 0 Å². The Hall–Kier alpha value is -1.67. The topological polar surface area (TPSA) is 12.0 Å². The minimum absolute atomic E-state index is 0.102. The zero-order valence-electron chi connectivity index (χ0n) is 11.1. The minimum atomic E-state index is -0.102. The van der Waals surface area contributed by atoms with Crippen molar-refractivity contribution < 1.29 is 4.39 Å². The molecule has 2 unspecified atom stereocenters. The highest BCUT2D eigenvalue weighted by Crippen LogP contribution is 2.38. The average molecular weight is 255 g/mol. The highest BCUT2D eigenvalue weighted by atomic mass is 19.1. The third-order valence-corrected chi connectivity index (χ3v) is 4.15. The number of benzene rings is 2. The van der Waals surface area contributed by atoms with Gasteiger partial charge in [-0.3, -0.25) is 0 Å². The molecule has 0 amide bonds. The first-order chi connectivity index (χ1) is 9.29. The van der Waals surface area contributed by atoms with Crippen LogP contribution >= 0.6 is 0 Å². The lowest BCUT2D eigenvalue weighted by molar-refractivity contribution is 0.417. The number of rotatable bonds is 4. The van der Waals surface area contributed by atoms with Crippen LogP contribution in [0.2, 0.25) is 0 Å². The highest BCUT2D eigenvalue weighted by molar-refractivity contribution is 5.41. The SMILES string of the molecule is CNC(Cc1ccccc1F)C1Cc2ccccc21. The molecular formula is C17H18FN. The lowest BCUT2D eigenvalue weighted by Gasteiger charge is -2.36. The van der Waals surface area contributed by atoms with Crippen molar-refractivity contribution in [1.82, 2.24) is 5.32 Å². The van der Waals surface area contributed by atoms with Crippen LogP contribution in [0.3, 0.4) is 0 Å². The van der Waals surface area contributed by atoms with Gasteiger partial charge in [0.05, 0.1) is 0 Å². The van der Waals surface area contributed by atoms with Crippen molar-refractivity contribution in [3.05, 3.63) is 71.0 Å².